The molecule has 0 spiro atoms. The predicted molar refractivity (Wildman–Crippen MR) is 126 cm³/mol. The van der Waals surface area contributed by atoms with Gasteiger partial charge in [0, 0.05) is 31.4 Å². The van der Waals surface area contributed by atoms with Crippen molar-refractivity contribution in [2.45, 2.75) is 6.92 Å². The Bertz CT molecular complexity index is 1300. The van der Waals surface area contributed by atoms with Crippen molar-refractivity contribution < 1.29 is 9.53 Å². The third-order valence-corrected chi connectivity index (χ3v) is 5.76. The Morgan fingerprint density at radius 2 is 1.94 bits per heavy atom. The summed E-state index contributed by atoms with van der Waals surface area (Å²) in [4.78, 5) is 30.4. The molecule has 1 aliphatic heterocycles. The molecule has 4 aromatic heterocycles. The Labute approximate surface area is 191 Å². The number of anilines is 1. The van der Waals surface area contributed by atoms with Crippen LogP contribution in [0.4, 0.5) is 5.69 Å². The van der Waals surface area contributed by atoms with Crippen molar-refractivity contribution in [3.63, 3.8) is 0 Å². The minimum absolute atomic E-state index is 0.0799. The fraction of sp³-hybridized carbons (Fsp3) is 0.292. The molecule has 4 aromatic rings. The Morgan fingerprint density at radius 3 is 2.76 bits per heavy atom. The average Bonchev–Trinajstić information content (AvgIpc) is 3.34. The molecule has 168 valence electrons. The van der Waals surface area contributed by atoms with Crippen LogP contribution < -0.4 is 4.90 Å². The van der Waals surface area contributed by atoms with Crippen molar-refractivity contribution in [2.75, 3.05) is 44.8 Å². The summed E-state index contributed by atoms with van der Waals surface area (Å²) in [5.41, 5.74) is 6.59. The number of amides is 1. The maximum Gasteiger partial charge on any atom is 0.242 e. The number of carbonyl (C=O) groups excluding carboxylic acids is 1. The number of nitrogens with one attached hydrogen (secondary N) is 1. The Balaban J connectivity index is 1.42. The number of nitrogens with zero attached hydrogens (tertiary/aromatic N) is 6. The second kappa shape index (κ2) is 8.95. The first-order chi connectivity index (χ1) is 16.1. The maximum absolute atomic E-state index is 12.6. The van der Waals surface area contributed by atoms with E-state index >= 15 is 0 Å². The number of ether oxygens (including phenoxy) is 1. The number of carbonyl (C=O) groups is 1. The fourth-order valence-corrected chi connectivity index (χ4v) is 3.92. The summed E-state index contributed by atoms with van der Waals surface area (Å²) in [5.74, 6) is 0.0799. The molecule has 1 fully saturated rings. The zero-order valence-electron chi connectivity index (χ0n) is 18.7. The van der Waals surface area contributed by atoms with Crippen LogP contribution in [0.2, 0.25) is 0 Å². The van der Waals surface area contributed by atoms with Gasteiger partial charge in [-0.05, 0) is 37.3 Å². The van der Waals surface area contributed by atoms with Crippen molar-refractivity contribution in [3.8, 4) is 22.6 Å². The van der Waals surface area contributed by atoms with Crippen LogP contribution in [0.25, 0.3) is 33.7 Å². The molecule has 0 atom stereocenters. The van der Waals surface area contributed by atoms with Crippen molar-refractivity contribution in [2.24, 2.45) is 0 Å². The molecule has 0 bridgehead atoms. The standard InChI is InChI=1S/C24H25N7O2/c1-16-4-3-5-21(27-16)24-18(14-26-29-24)19-6-7-20-22(28-19)12-17(13-25-20)30(2)15-23(32)31-8-10-33-11-9-31/h3-7,12-14H,8-11,15H2,1-2H3,(H,26,29). The summed E-state index contributed by atoms with van der Waals surface area (Å²) < 4.78 is 5.34. The number of hydrogen-bond acceptors (Lipinski definition) is 7. The first-order valence-electron chi connectivity index (χ1n) is 10.9. The highest BCUT2D eigenvalue weighted by molar-refractivity contribution is 5.85. The Morgan fingerprint density at radius 1 is 1.09 bits per heavy atom. The first-order valence-corrected chi connectivity index (χ1v) is 10.9. The quantitative estimate of drug-likeness (QED) is 0.506. The largest absolute Gasteiger partial charge is 0.378 e. The van der Waals surface area contributed by atoms with E-state index in [0.717, 1.165) is 45.1 Å². The van der Waals surface area contributed by atoms with E-state index in [1.807, 2.05) is 60.2 Å². The average molecular weight is 444 g/mol. The highest BCUT2D eigenvalue weighted by Crippen LogP contribution is 2.29. The third kappa shape index (κ3) is 4.40. The van der Waals surface area contributed by atoms with Gasteiger partial charge in [-0.2, -0.15) is 5.10 Å². The molecule has 1 saturated heterocycles. The number of aryl methyl sites for hydroxylation is 1. The molecular weight excluding hydrogens is 418 g/mol. The highest BCUT2D eigenvalue weighted by atomic mass is 16.5. The van der Waals surface area contributed by atoms with Crippen LogP contribution in [0.15, 0.2) is 48.8 Å². The number of morpholine rings is 1. The number of likely N-dealkylation sites (N-methyl/N-ethyl adjacent to an activating group) is 1. The van der Waals surface area contributed by atoms with E-state index in [-0.39, 0.29) is 12.5 Å². The lowest BCUT2D eigenvalue weighted by Crippen LogP contribution is -2.45. The van der Waals surface area contributed by atoms with E-state index in [1.54, 1.807) is 12.4 Å². The van der Waals surface area contributed by atoms with Crippen LogP contribution in [0.1, 0.15) is 5.69 Å². The van der Waals surface area contributed by atoms with E-state index < -0.39 is 0 Å². The second-order valence-corrected chi connectivity index (χ2v) is 8.10. The molecular formula is C24H25N7O2. The summed E-state index contributed by atoms with van der Waals surface area (Å²) in [6, 6.07) is 11.7. The van der Waals surface area contributed by atoms with Gasteiger partial charge in [0.1, 0.15) is 0 Å². The van der Waals surface area contributed by atoms with Crippen LogP contribution in [0.5, 0.6) is 0 Å². The highest BCUT2D eigenvalue weighted by Gasteiger charge is 2.19. The van der Waals surface area contributed by atoms with Crippen LogP contribution in [0.3, 0.4) is 0 Å². The van der Waals surface area contributed by atoms with Gasteiger partial charge in [-0.15, -0.1) is 0 Å². The normalized spacial score (nSPS) is 13.9. The monoisotopic (exact) mass is 443 g/mol. The smallest absolute Gasteiger partial charge is 0.242 e. The number of rotatable bonds is 5. The number of fused-ring (bicyclic) bond motifs is 1. The predicted octanol–water partition coefficient (Wildman–Crippen LogP) is 2.69. The minimum atomic E-state index is 0.0799. The molecule has 1 aliphatic rings. The number of hydrogen-bond donors (Lipinski definition) is 1. The molecule has 33 heavy (non-hydrogen) atoms. The number of aromatic nitrogens is 5. The van der Waals surface area contributed by atoms with Gasteiger partial charge in [0.05, 0.1) is 66.0 Å². The minimum Gasteiger partial charge on any atom is -0.378 e. The van der Waals surface area contributed by atoms with Crippen LogP contribution in [0, 0.1) is 6.92 Å². The first kappa shape index (κ1) is 21.0. The lowest BCUT2D eigenvalue weighted by atomic mass is 10.1. The molecule has 0 radical (unpaired) electrons. The van der Waals surface area contributed by atoms with Crippen molar-refractivity contribution >= 4 is 22.6 Å². The molecule has 0 aliphatic carbocycles. The zero-order chi connectivity index (χ0) is 22.8. The summed E-state index contributed by atoms with van der Waals surface area (Å²) >= 11 is 0. The molecule has 1 amide bonds. The molecule has 5 heterocycles. The van der Waals surface area contributed by atoms with E-state index in [2.05, 4.69) is 20.2 Å². The van der Waals surface area contributed by atoms with Crippen LogP contribution in [-0.2, 0) is 9.53 Å². The number of H-pyrrole nitrogens is 1. The number of pyridine rings is 3. The van der Waals surface area contributed by atoms with Gasteiger partial charge in [0.2, 0.25) is 5.91 Å². The van der Waals surface area contributed by atoms with Crippen LogP contribution >= 0.6 is 0 Å². The molecule has 1 N–H and O–H groups in total. The van der Waals surface area contributed by atoms with Crippen molar-refractivity contribution in [1.82, 2.24) is 30.0 Å². The maximum atomic E-state index is 12.6. The van der Waals surface area contributed by atoms with Gasteiger partial charge in [0.25, 0.3) is 0 Å². The Hall–Kier alpha value is -3.85. The van der Waals surface area contributed by atoms with Crippen LogP contribution in [-0.4, -0.2) is 75.9 Å². The van der Waals surface area contributed by atoms with E-state index in [9.17, 15) is 4.79 Å². The van der Waals surface area contributed by atoms with Gasteiger partial charge in [-0.1, -0.05) is 6.07 Å². The van der Waals surface area contributed by atoms with Gasteiger partial charge in [-0.3, -0.25) is 19.9 Å². The van der Waals surface area contributed by atoms with E-state index in [1.165, 1.54) is 0 Å². The van der Waals surface area contributed by atoms with Crippen molar-refractivity contribution in [3.05, 3.63) is 54.5 Å². The van der Waals surface area contributed by atoms with Gasteiger partial charge < -0.3 is 14.5 Å². The molecule has 0 aromatic carbocycles. The fourth-order valence-electron chi connectivity index (χ4n) is 3.92. The van der Waals surface area contributed by atoms with Gasteiger partial charge >= 0.3 is 0 Å². The van der Waals surface area contributed by atoms with E-state index in [0.29, 0.717) is 26.3 Å². The van der Waals surface area contributed by atoms with E-state index in [4.69, 9.17) is 9.72 Å². The molecule has 0 unspecified atom stereocenters. The third-order valence-electron chi connectivity index (χ3n) is 5.76. The summed E-state index contributed by atoms with van der Waals surface area (Å²) in [5, 5.41) is 7.28. The Kier molecular flexibility index (Phi) is 5.70. The van der Waals surface area contributed by atoms with Gasteiger partial charge in [-0.25, -0.2) is 4.98 Å². The van der Waals surface area contributed by atoms with Crippen molar-refractivity contribution in [1.29, 1.82) is 0 Å². The van der Waals surface area contributed by atoms with Gasteiger partial charge in [0.15, 0.2) is 0 Å². The molecule has 5 rings (SSSR count). The molecule has 0 saturated carbocycles. The lowest BCUT2D eigenvalue weighted by molar-refractivity contribution is -0.133. The zero-order valence-corrected chi connectivity index (χ0v) is 18.7. The topological polar surface area (TPSA) is 100 Å². The molecule has 9 nitrogen and oxygen atoms in total. The summed E-state index contributed by atoms with van der Waals surface area (Å²) in [6.07, 6.45) is 3.54. The molecule has 9 heteroatoms. The summed E-state index contributed by atoms with van der Waals surface area (Å²) in [7, 11) is 1.89. The number of aromatic amines is 1. The summed E-state index contributed by atoms with van der Waals surface area (Å²) in [6.45, 7) is 4.69. The SMILES string of the molecule is Cc1cccc(-c2[nH]ncc2-c2ccc3ncc(N(C)CC(=O)N4CCOCC4)cc3n2)n1. The second-order valence-electron chi connectivity index (χ2n) is 8.10. The lowest BCUT2D eigenvalue weighted by Gasteiger charge is -2.29.